The minimum Gasteiger partial charge on any atom is -0.241 e. The minimum atomic E-state index is 0.185. The molecular weight excluding hydrogens is 226 g/mol. The van der Waals surface area contributed by atoms with Gasteiger partial charge in [-0.1, -0.05) is 42.0 Å². The average Bonchev–Trinajstić information content (AvgIpc) is 2.17. The highest BCUT2D eigenvalue weighted by Crippen LogP contribution is 2.06. The van der Waals surface area contributed by atoms with Gasteiger partial charge in [-0.15, -0.1) is 12.6 Å². The van der Waals surface area contributed by atoms with Crippen LogP contribution < -0.4 is 0 Å². The third-order valence-electron chi connectivity index (χ3n) is 1.67. The second-order valence-electron chi connectivity index (χ2n) is 2.81. The van der Waals surface area contributed by atoms with Crippen LogP contribution in [0.25, 0.3) is 0 Å². The maximum absolute atomic E-state index is 6.80. The quantitative estimate of drug-likeness (QED) is 0.334. The predicted octanol–water partition coefficient (Wildman–Crippen LogP) is 2.71. The first-order valence-corrected chi connectivity index (χ1v) is 5.00. The molecule has 0 fully saturated rings. The molecule has 0 saturated carbocycles. The molecule has 0 bridgehead atoms. The van der Waals surface area contributed by atoms with Crippen molar-refractivity contribution in [3.63, 3.8) is 0 Å². The zero-order valence-electron chi connectivity index (χ0n) is 8.06. The average molecular weight is 235 g/mol. The van der Waals surface area contributed by atoms with Gasteiger partial charge in [-0.25, -0.2) is 10.4 Å². The third kappa shape index (κ3) is 3.75. The van der Waals surface area contributed by atoms with Crippen LogP contribution in [0.2, 0.25) is 0 Å². The molecule has 0 heterocycles. The minimum absolute atomic E-state index is 0.185. The molecule has 0 radical (unpaired) electrons. The number of amidine groups is 1. The number of nitrogens with one attached hydrogen (secondary N) is 1. The van der Waals surface area contributed by atoms with E-state index >= 15 is 0 Å². The van der Waals surface area contributed by atoms with Crippen molar-refractivity contribution in [1.29, 1.82) is 5.41 Å². The summed E-state index contributed by atoms with van der Waals surface area (Å²) in [5.74, 6) is 0.352. The summed E-state index contributed by atoms with van der Waals surface area (Å²) < 4.78 is 0.185. The molecule has 1 aromatic carbocycles. The Kier molecular flexibility index (Phi) is 4.37. The molecule has 1 rings (SSSR count). The van der Waals surface area contributed by atoms with E-state index in [9.17, 15) is 0 Å². The molecule has 76 valence electrons. The van der Waals surface area contributed by atoms with E-state index < -0.39 is 0 Å². The Morgan fingerprint density at radius 3 is 2.47 bits per heavy atom. The smallest absolute Gasteiger partial charge is 0.172 e. The van der Waals surface area contributed by atoms with Crippen molar-refractivity contribution in [3.8, 4) is 0 Å². The van der Waals surface area contributed by atoms with Gasteiger partial charge < -0.3 is 0 Å². The molecule has 0 aliphatic heterocycles. The fourth-order valence-corrected chi connectivity index (χ4v) is 1.18. The van der Waals surface area contributed by atoms with Crippen LogP contribution in [0.1, 0.15) is 11.1 Å². The summed E-state index contributed by atoms with van der Waals surface area (Å²) in [5.41, 5.74) is 1.93. The second-order valence-corrected chi connectivity index (χ2v) is 3.92. The Morgan fingerprint density at radius 1 is 1.40 bits per heavy atom. The van der Waals surface area contributed by atoms with Gasteiger partial charge in [0.1, 0.15) is 0 Å². The van der Waals surface area contributed by atoms with Gasteiger partial charge in [-0.05, 0) is 6.92 Å². The van der Waals surface area contributed by atoms with Gasteiger partial charge >= 0.3 is 0 Å². The number of aliphatic imine (C=N–C) groups is 2. The van der Waals surface area contributed by atoms with Crippen LogP contribution in [0.15, 0.2) is 34.3 Å². The van der Waals surface area contributed by atoms with Crippen LogP contribution in [0.3, 0.4) is 0 Å². The molecule has 1 aromatic rings. The van der Waals surface area contributed by atoms with E-state index in [-0.39, 0.29) is 4.32 Å². The highest BCUT2D eigenvalue weighted by molar-refractivity contribution is 8.11. The first kappa shape index (κ1) is 11.8. The van der Waals surface area contributed by atoms with Gasteiger partial charge in [0.25, 0.3) is 0 Å². The molecule has 0 atom stereocenters. The zero-order chi connectivity index (χ0) is 11.3. The molecular formula is C10H9N3S2. The van der Waals surface area contributed by atoms with Crippen LogP contribution in [0.5, 0.6) is 0 Å². The van der Waals surface area contributed by atoms with Gasteiger partial charge in [0.15, 0.2) is 10.2 Å². The molecule has 0 aliphatic carbocycles. The van der Waals surface area contributed by atoms with E-state index in [4.69, 9.17) is 17.6 Å². The van der Waals surface area contributed by atoms with Crippen molar-refractivity contribution < 1.29 is 0 Å². The number of aryl methyl sites for hydroxylation is 1. The van der Waals surface area contributed by atoms with Crippen LogP contribution in [-0.2, 0) is 0 Å². The lowest BCUT2D eigenvalue weighted by molar-refractivity contribution is 1.44. The normalized spacial score (nSPS) is 10.7. The second kappa shape index (κ2) is 5.56. The van der Waals surface area contributed by atoms with Gasteiger partial charge in [-0.3, -0.25) is 0 Å². The first-order valence-electron chi connectivity index (χ1n) is 4.14. The summed E-state index contributed by atoms with van der Waals surface area (Å²) in [6.45, 7) is 1.99. The van der Waals surface area contributed by atoms with E-state index in [1.54, 1.807) is 0 Å². The largest absolute Gasteiger partial charge is 0.241 e. The Labute approximate surface area is 98.9 Å². The van der Waals surface area contributed by atoms with Crippen molar-refractivity contribution in [3.05, 3.63) is 35.4 Å². The fourth-order valence-electron chi connectivity index (χ4n) is 1.00. The maximum Gasteiger partial charge on any atom is 0.172 e. The Hall–Kier alpha value is -1.29. The van der Waals surface area contributed by atoms with E-state index in [1.165, 1.54) is 0 Å². The maximum atomic E-state index is 6.80. The number of thiocarbonyl (C=S) groups is 1. The summed E-state index contributed by atoms with van der Waals surface area (Å²) in [6, 6.07) is 9.53. The number of nitrogens with zero attached hydrogens (tertiary/aromatic N) is 2. The molecule has 0 unspecified atom stereocenters. The van der Waals surface area contributed by atoms with E-state index in [1.807, 2.05) is 37.2 Å². The molecule has 0 aliphatic rings. The van der Waals surface area contributed by atoms with Gasteiger partial charge in [0, 0.05) is 5.56 Å². The predicted molar refractivity (Wildman–Crippen MR) is 69.5 cm³/mol. The van der Waals surface area contributed by atoms with Crippen LogP contribution in [-0.4, -0.2) is 16.2 Å². The number of rotatable bonds is 1. The summed E-state index contributed by atoms with van der Waals surface area (Å²) in [7, 11) is 0. The van der Waals surface area contributed by atoms with Crippen LogP contribution in [0.4, 0.5) is 0 Å². The third-order valence-corrected chi connectivity index (χ3v) is 1.86. The van der Waals surface area contributed by atoms with Crippen molar-refractivity contribution in [1.82, 2.24) is 0 Å². The molecule has 0 saturated heterocycles. The molecule has 0 spiro atoms. The Bertz CT molecular complexity index is 442. The lowest BCUT2D eigenvalue weighted by atomic mass is 10.1. The van der Waals surface area contributed by atoms with E-state index in [0.29, 0.717) is 5.84 Å². The van der Waals surface area contributed by atoms with E-state index in [2.05, 4.69) is 22.6 Å². The van der Waals surface area contributed by atoms with Crippen LogP contribution >= 0.6 is 24.8 Å². The number of hydrogen-bond donors (Lipinski definition) is 2. The van der Waals surface area contributed by atoms with Crippen molar-refractivity contribution in [2.75, 3.05) is 0 Å². The zero-order valence-corrected chi connectivity index (χ0v) is 9.77. The van der Waals surface area contributed by atoms with Crippen molar-refractivity contribution in [2.24, 2.45) is 9.98 Å². The summed E-state index contributed by atoms with van der Waals surface area (Å²) >= 11 is 8.64. The number of thiol groups is 1. The van der Waals surface area contributed by atoms with Crippen LogP contribution in [0, 0.1) is 12.3 Å². The monoisotopic (exact) mass is 235 g/mol. The Morgan fingerprint density at radius 2 is 2.00 bits per heavy atom. The topological polar surface area (TPSA) is 48.6 Å². The number of benzene rings is 1. The number of hydrogen-bond acceptors (Lipinski definition) is 2. The highest BCUT2D eigenvalue weighted by atomic mass is 32.1. The van der Waals surface area contributed by atoms with Crippen molar-refractivity contribution >= 4 is 41.0 Å². The van der Waals surface area contributed by atoms with E-state index in [0.717, 1.165) is 11.1 Å². The molecule has 3 nitrogen and oxygen atoms in total. The Balaban J connectivity index is 3.15. The summed E-state index contributed by atoms with van der Waals surface area (Å²) in [6.07, 6.45) is 0. The van der Waals surface area contributed by atoms with Gasteiger partial charge in [0.2, 0.25) is 0 Å². The summed E-state index contributed by atoms with van der Waals surface area (Å²) in [4.78, 5) is 7.62. The first-order chi connectivity index (χ1) is 7.13. The van der Waals surface area contributed by atoms with Gasteiger partial charge in [-0.2, -0.15) is 4.99 Å². The lowest BCUT2D eigenvalue weighted by Gasteiger charge is -1.99. The fraction of sp³-hybridized carbons (Fsp3) is 0.100. The molecule has 1 N–H and O–H groups in total. The van der Waals surface area contributed by atoms with Crippen molar-refractivity contribution in [2.45, 2.75) is 6.92 Å². The standard InChI is InChI=1S/C10H9N3S2/c1-7-2-4-8(5-3-7)9(12-6-11)13-10(14)15/h2-5,11H,1H3,(H,14,15). The summed E-state index contributed by atoms with van der Waals surface area (Å²) in [5, 5.41) is 6.80. The molecule has 15 heavy (non-hydrogen) atoms. The SMILES string of the molecule is Cc1ccc(C(N=C=N)=NC(=S)S)cc1. The highest BCUT2D eigenvalue weighted by Gasteiger charge is 2.01. The molecule has 0 amide bonds. The molecule has 5 heteroatoms. The van der Waals surface area contributed by atoms with Gasteiger partial charge in [0.05, 0.1) is 6.01 Å². The molecule has 0 aromatic heterocycles. The lowest BCUT2D eigenvalue weighted by Crippen LogP contribution is -1.98.